The number of nitrogens with two attached hydrogens (primary N) is 1. The molecule has 0 radical (unpaired) electrons. The van der Waals surface area contributed by atoms with Crippen LogP contribution in [0.3, 0.4) is 0 Å². The van der Waals surface area contributed by atoms with Crippen molar-refractivity contribution in [3.63, 3.8) is 0 Å². The number of alkyl halides is 1. The van der Waals surface area contributed by atoms with Gasteiger partial charge >= 0.3 is 11.9 Å². The fourth-order valence-corrected chi connectivity index (χ4v) is 8.08. The first-order valence-electron chi connectivity index (χ1n) is 25.6. The second kappa shape index (κ2) is 33.3. The van der Waals surface area contributed by atoms with Crippen molar-refractivity contribution in [2.45, 2.75) is 70.9 Å². The smallest absolute Gasteiger partial charge is 0.359 e. The van der Waals surface area contributed by atoms with Gasteiger partial charge in [-0.1, -0.05) is 59.8 Å². The summed E-state index contributed by atoms with van der Waals surface area (Å²) >= 11 is 3.32. The van der Waals surface area contributed by atoms with Crippen LogP contribution in [0.2, 0.25) is 0 Å². The van der Waals surface area contributed by atoms with Crippen LogP contribution in [0.5, 0.6) is 11.5 Å². The molecule has 0 bridgehead atoms. The summed E-state index contributed by atoms with van der Waals surface area (Å²) in [4.78, 5) is 69.9. The lowest BCUT2D eigenvalue weighted by Crippen LogP contribution is -2.53. The molecule has 5 aromatic heterocycles. The van der Waals surface area contributed by atoms with Gasteiger partial charge in [-0.3, -0.25) is 38.6 Å². The zero-order valence-electron chi connectivity index (χ0n) is 46.8. The number of benzene rings is 3. The number of fused-ring (bicyclic) bond motifs is 2. The van der Waals surface area contributed by atoms with Crippen molar-refractivity contribution in [1.82, 2.24) is 45.0 Å². The van der Waals surface area contributed by atoms with E-state index in [1.807, 2.05) is 36.4 Å². The summed E-state index contributed by atoms with van der Waals surface area (Å²) in [5.74, 6) is -4.10. The van der Waals surface area contributed by atoms with Gasteiger partial charge in [0.15, 0.2) is 52.0 Å². The van der Waals surface area contributed by atoms with Gasteiger partial charge in [0.05, 0.1) is 73.2 Å². The standard InChI is InChI=1S/C22H19FN6O3.C12H8FN3O2.C10H13N3O2.C8H6BrN.C6H7FN2O2.CH4.ClH/c1-13-18(22(31)28(2)20-17(32-13)4-3-9-25-20)26-21(30)19-16(23)12-29(27-19)11-15-7-5-14(10-24)6-8-15;13-10-7-16(15-11(10)12(17)18)6-9-3-1-8(5-14)2-4-9;1-6-8(11)10(14)13(2)9-7(15-6)4-3-5-12-9;9-5-7-1-3-8(6-10)4-2-7;1-2-11-6(10)5-4(7)3-8-9-5;;/h3-9,12-13,18H,11H2,1-2H3,(H,26,30);1-4,7H,6H2,(H,17,18);3-6,8H,11H2,1-2H3;1-4H,5H2;3H,2H2,1H3,(H,8,9);1H4;1H/t13-,18+;;6-,8+;;;;/m1.1..../s1. The quantitative estimate of drug-likeness (QED) is 0.0746. The first kappa shape index (κ1) is 70.0. The van der Waals surface area contributed by atoms with E-state index in [0.29, 0.717) is 39.8 Å². The minimum Gasteiger partial charge on any atom is -0.485 e. The Morgan fingerprint density at radius 2 is 1.16 bits per heavy atom. The third kappa shape index (κ3) is 18.5. The molecule has 0 unspecified atom stereocenters. The number of hydrogen-bond acceptors (Lipinski definition) is 17. The van der Waals surface area contributed by atoms with Crippen LogP contribution < -0.4 is 30.3 Å². The van der Waals surface area contributed by atoms with Crippen LogP contribution in [-0.2, 0) is 32.7 Å². The van der Waals surface area contributed by atoms with Gasteiger partial charge in [0.1, 0.15) is 24.3 Å². The highest BCUT2D eigenvalue weighted by Gasteiger charge is 2.38. The summed E-state index contributed by atoms with van der Waals surface area (Å²) in [5.41, 5.74) is 9.02. The third-order valence-corrected chi connectivity index (χ3v) is 12.9. The maximum absolute atomic E-state index is 14.5. The number of H-pyrrole nitrogens is 1. The van der Waals surface area contributed by atoms with E-state index in [2.05, 4.69) is 62.4 Å². The van der Waals surface area contributed by atoms with Crippen molar-refractivity contribution in [3.8, 4) is 29.7 Å². The van der Waals surface area contributed by atoms with E-state index in [1.54, 1.807) is 107 Å². The van der Waals surface area contributed by atoms with Crippen LogP contribution in [0.4, 0.5) is 24.8 Å². The van der Waals surface area contributed by atoms with Crippen molar-refractivity contribution in [1.29, 1.82) is 15.8 Å². The first-order chi connectivity index (χ1) is 41.2. The number of aromatic nitrogens is 8. The number of likely N-dealkylation sites (N-methyl/N-ethyl adjacent to an activating group) is 2. The summed E-state index contributed by atoms with van der Waals surface area (Å²) in [7, 11) is 3.18. The van der Waals surface area contributed by atoms with Gasteiger partial charge in [-0.05, 0) is 98.1 Å². The summed E-state index contributed by atoms with van der Waals surface area (Å²) in [6.07, 6.45) is 5.15. The van der Waals surface area contributed by atoms with Gasteiger partial charge in [-0.25, -0.2) is 32.7 Å². The normalized spacial score (nSPS) is 15.0. The summed E-state index contributed by atoms with van der Waals surface area (Å²) in [6.45, 7) is 5.73. The molecule has 29 heteroatoms. The number of carbonyl (C=O) groups is 5. The molecule has 2 aliphatic heterocycles. The molecular weight excluding hydrogens is 1240 g/mol. The zero-order chi connectivity index (χ0) is 62.6. The number of ether oxygens (including phenoxy) is 3. The van der Waals surface area contributed by atoms with E-state index >= 15 is 0 Å². The number of carboxylic acids is 1. The number of nitriles is 3. The highest BCUT2D eigenvalue weighted by atomic mass is 79.9. The van der Waals surface area contributed by atoms with Crippen LogP contribution in [0, 0.1) is 51.4 Å². The Morgan fingerprint density at radius 1 is 0.716 bits per heavy atom. The highest BCUT2D eigenvalue weighted by molar-refractivity contribution is 9.08. The number of nitrogens with zero attached hydrogens (tertiary/aromatic N) is 12. The number of hydrogen-bond donors (Lipinski definition) is 4. The number of anilines is 2. The maximum Gasteiger partial charge on any atom is 0.359 e. The Kier molecular flexibility index (Phi) is 26.5. The first-order valence-corrected chi connectivity index (χ1v) is 26.8. The van der Waals surface area contributed by atoms with Crippen LogP contribution >= 0.6 is 28.3 Å². The number of nitrogens with one attached hydrogen (secondary N) is 2. The van der Waals surface area contributed by atoms with E-state index in [0.717, 1.165) is 35.0 Å². The molecule has 2 aliphatic rings. The molecule has 3 aromatic carbocycles. The summed E-state index contributed by atoms with van der Waals surface area (Å²) in [5, 5.41) is 51.2. The lowest BCUT2D eigenvalue weighted by atomic mass is 10.1. The van der Waals surface area contributed by atoms with Crippen molar-refractivity contribution >= 4 is 69.6 Å². The predicted molar refractivity (Wildman–Crippen MR) is 319 cm³/mol. The Bertz CT molecular complexity index is 3810. The molecule has 24 nitrogen and oxygen atoms in total. The predicted octanol–water partition coefficient (Wildman–Crippen LogP) is 7.91. The number of halogens is 5. The zero-order valence-corrected chi connectivity index (χ0v) is 49.2. The second-order valence-electron chi connectivity index (χ2n) is 18.3. The number of carboxylic acid groups (broad SMARTS) is 1. The number of pyridine rings is 2. The number of rotatable bonds is 10. The average Bonchev–Trinajstić information content (AvgIpc) is 4.13. The topological polar surface area (TPSA) is 339 Å². The molecule has 5 N–H and O–H groups in total. The number of esters is 1. The molecule has 0 saturated carbocycles. The molecule has 7 heterocycles. The fourth-order valence-electron chi connectivity index (χ4n) is 7.71. The molecule has 0 aliphatic carbocycles. The van der Waals surface area contributed by atoms with E-state index in [1.165, 1.54) is 38.0 Å². The van der Waals surface area contributed by atoms with Crippen LogP contribution in [-0.4, -0.2) is 119 Å². The molecule has 3 amide bonds. The molecule has 8 aromatic rings. The monoisotopic (exact) mass is 1290 g/mol. The molecule has 4 atom stereocenters. The van der Waals surface area contributed by atoms with Gasteiger partial charge in [0.2, 0.25) is 11.6 Å². The average molecular weight is 1290 g/mol. The van der Waals surface area contributed by atoms with Crippen molar-refractivity contribution < 1.29 is 56.5 Å². The Balaban J connectivity index is 0.000000252. The van der Waals surface area contributed by atoms with E-state index in [-0.39, 0.29) is 57.2 Å². The van der Waals surface area contributed by atoms with Gasteiger partial charge in [-0.15, -0.1) is 12.4 Å². The van der Waals surface area contributed by atoms with E-state index < -0.39 is 70.8 Å². The molecule has 10 rings (SSSR count). The number of amides is 3. The third-order valence-electron chi connectivity index (χ3n) is 12.3. The van der Waals surface area contributed by atoms with Gasteiger partial charge in [0, 0.05) is 31.8 Å². The molecular formula is C59H58BrClF3N15O9. The van der Waals surface area contributed by atoms with Crippen LogP contribution in [0.25, 0.3) is 0 Å². The van der Waals surface area contributed by atoms with E-state index in [4.69, 9.17) is 36.1 Å². The minimum atomic E-state index is -1.40. The fraction of sp³-hybridized carbons (Fsp3) is 0.237. The van der Waals surface area contributed by atoms with Crippen LogP contribution in [0.15, 0.2) is 128 Å². The molecule has 0 saturated heterocycles. The van der Waals surface area contributed by atoms with Crippen LogP contribution in [0.1, 0.15) is 93.0 Å². The molecule has 0 fully saturated rings. The Morgan fingerprint density at radius 3 is 1.58 bits per heavy atom. The lowest BCUT2D eigenvalue weighted by molar-refractivity contribution is -0.122. The molecule has 458 valence electrons. The lowest BCUT2D eigenvalue weighted by Gasteiger charge is -2.23. The van der Waals surface area contributed by atoms with E-state index in [9.17, 15) is 37.1 Å². The number of aromatic carboxylic acids is 1. The Labute approximate surface area is 517 Å². The minimum absolute atomic E-state index is 0. The van der Waals surface area contributed by atoms with Crippen molar-refractivity contribution in [3.05, 3.63) is 196 Å². The number of carbonyl (C=O) groups excluding carboxylic acids is 4. The Hall–Kier alpha value is -10.5. The highest BCUT2D eigenvalue weighted by Crippen LogP contribution is 2.31. The largest absolute Gasteiger partial charge is 0.485 e. The summed E-state index contributed by atoms with van der Waals surface area (Å²) in [6, 6.07) is 32.2. The van der Waals surface area contributed by atoms with Gasteiger partial charge in [-0.2, -0.15) is 31.1 Å². The van der Waals surface area contributed by atoms with Crippen molar-refractivity contribution in [2.75, 3.05) is 30.5 Å². The SMILES string of the molecule is C.CCOC(=O)c1[nH]ncc1F.C[C@H]1Oc2cccnc2N(C)C(=O)[C@H]1N.C[C@H]1Oc2cccnc2N(C)C(=O)[C@H]1NC(=O)c1nn(Cc2ccc(C#N)cc2)cc1F.Cl.N#Cc1ccc(CBr)cc1.N#Cc1ccc(Cn2cc(F)c(C(=O)O)n2)cc1. The van der Waals surface area contributed by atoms with Gasteiger partial charge < -0.3 is 30.4 Å². The molecule has 88 heavy (non-hydrogen) atoms. The maximum atomic E-state index is 14.5. The number of aromatic amines is 1. The van der Waals surface area contributed by atoms with Gasteiger partial charge in [0.25, 0.3) is 11.8 Å². The van der Waals surface area contributed by atoms with Crippen molar-refractivity contribution in [2.24, 2.45) is 5.73 Å². The molecule has 0 spiro atoms. The summed E-state index contributed by atoms with van der Waals surface area (Å²) < 4.78 is 58.6. The second-order valence-corrected chi connectivity index (χ2v) is 18.9.